The molecule has 0 atom stereocenters. The molecule has 0 spiro atoms. The molecule has 0 aliphatic carbocycles. The SMILES string of the molecule is CC(C)(CN)N1CCN(c2cncc3nnnn23)CC1. The van der Waals surface area contributed by atoms with Crippen LogP contribution in [0.1, 0.15) is 13.8 Å². The number of rotatable bonds is 3. The van der Waals surface area contributed by atoms with Gasteiger partial charge in [0.25, 0.3) is 0 Å². The van der Waals surface area contributed by atoms with Crippen molar-refractivity contribution in [3.63, 3.8) is 0 Å². The molecular formula is C12H20N8. The highest BCUT2D eigenvalue weighted by molar-refractivity contribution is 5.46. The maximum absolute atomic E-state index is 5.85. The molecule has 1 aliphatic heterocycles. The first-order valence-electron chi connectivity index (χ1n) is 6.84. The summed E-state index contributed by atoms with van der Waals surface area (Å²) in [5.41, 5.74) is 6.57. The predicted molar refractivity (Wildman–Crippen MR) is 75.5 cm³/mol. The van der Waals surface area contributed by atoms with Crippen molar-refractivity contribution in [2.45, 2.75) is 19.4 Å². The lowest BCUT2D eigenvalue weighted by atomic mass is 10.0. The number of tetrazole rings is 1. The number of piperazine rings is 1. The Bertz CT molecular complexity index is 584. The van der Waals surface area contributed by atoms with Crippen molar-refractivity contribution in [1.29, 1.82) is 0 Å². The van der Waals surface area contributed by atoms with E-state index in [1.807, 2.05) is 6.20 Å². The van der Waals surface area contributed by atoms with Crippen molar-refractivity contribution in [3.8, 4) is 0 Å². The van der Waals surface area contributed by atoms with Crippen LogP contribution in [-0.4, -0.2) is 68.2 Å². The Morgan fingerprint density at radius 3 is 2.65 bits per heavy atom. The van der Waals surface area contributed by atoms with Gasteiger partial charge in [0.1, 0.15) is 0 Å². The molecule has 8 heteroatoms. The first-order chi connectivity index (χ1) is 9.62. The van der Waals surface area contributed by atoms with Gasteiger partial charge >= 0.3 is 0 Å². The predicted octanol–water partition coefficient (Wildman–Crippen LogP) is -0.621. The minimum absolute atomic E-state index is 0.0468. The van der Waals surface area contributed by atoms with E-state index in [4.69, 9.17) is 5.73 Å². The van der Waals surface area contributed by atoms with Gasteiger partial charge in [-0.2, -0.15) is 4.52 Å². The summed E-state index contributed by atoms with van der Waals surface area (Å²) in [5.74, 6) is 0.942. The normalized spacial score (nSPS) is 17.9. The van der Waals surface area contributed by atoms with Gasteiger partial charge in [-0.05, 0) is 24.3 Å². The van der Waals surface area contributed by atoms with Crippen LogP contribution in [0.25, 0.3) is 5.65 Å². The summed E-state index contributed by atoms with van der Waals surface area (Å²) in [6.07, 6.45) is 3.48. The van der Waals surface area contributed by atoms with Crippen molar-refractivity contribution in [2.24, 2.45) is 5.73 Å². The molecule has 0 aromatic carbocycles. The molecule has 2 N–H and O–H groups in total. The Kier molecular flexibility index (Phi) is 3.27. The quantitative estimate of drug-likeness (QED) is 0.799. The standard InChI is InChI=1S/C12H20N8/c1-12(2,9-13)19-5-3-18(4-6-19)11-8-14-7-10-15-16-17-20(10)11/h7-8H,3-6,9,13H2,1-2H3. The van der Waals surface area contributed by atoms with Gasteiger partial charge in [-0.15, -0.1) is 5.10 Å². The molecule has 108 valence electrons. The van der Waals surface area contributed by atoms with E-state index in [9.17, 15) is 0 Å². The lowest BCUT2D eigenvalue weighted by Crippen LogP contribution is -2.57. The van der Waals surface area contributed by atoms with Crippen LogP contribution in [0.3, 0.4) is 0 Å². The zero-order chi connectivity index (χ0) is 14.2. The van der Waals surface area contributed by atoms with Crippen LogP contribution in [0.5, 0.6) is 0 Å². The smallest absolute Gasteiger partial charge is 0.199 e. The molecule has 0 saturated carbocycles. The molecular weight excluding hydrogens is 256 g/mol. The van der Waals surface area contributed by atoms with E-state index in [0.717, 1.165) is 32.0 Å². The van der Waals surface area contributed by atoms with Crippen molar-refractivity contribution in [1.82, 2.24) is 29.9 Å². The lowest BCUT2D eigenvalue weighted by molar-refractivity contribution is 0.118. The minimum Gasteiger partial charge on any atom is -0.353 e. The van der Waals surface area contributed by atoms with Gasteiger partial charge in [0.05, 0.1) is 12.4 Å². The summed E-state index contributed by atoms with van der Waals surface area (Å²) in [4.78, 5) is 8.90. The summed E-state index contributed by atoms with van der Waals surface area (Å²) >= 11 is 0. The average molecular weight is 276 g/mol. The van der Waals surface area contributed by atoms with E-state index in [1.54, 1.807) is 10.7 Å². The van der Waals surface area contributed by atoms with Crippen LogP contribution in [0, 0.1) is 0 Å². The number of anilines is 1. The van der Waals surface area contributed by atoms with Crippen LogP contribution in [0.2, 0.25) is 0 Å². The second kappa shape index (κ2) is 4.95. The maximum Gasteiger partial charge on any atom is 0.199 e. The topological polar surface area (TPSA) is 88.5 Å². The lowest BCUT2D eigenvalue weighted by Gasteiger charge is -2.43. The molecule has 3 rings (SSSR count). The molecule has 1 saturated heterocycles. The van der Waals surface area contributed by atoms with E-state index in [2.05, 4.69) is 44.2 Å². The molecule has 3 heterocycles. The summed E-state index contributed by atoms with van der Waals surface area (Å²) in [7, 11) is 0. The van der Waals surface area contributed by atoms with Crippen LogP contribution in [0.15, 0.2) is 12.4 Å². The molecule has 2 aromatic rings. The second-order valence-corrected chi connectivity index (χ2v) is 5.71. The highest BCUT2D eigenvalue weighted by Crippen LogP contribution is 2.19. The summed E-state index contributed by atoms with van der Waals surface area (Å²) in [5, 5.41) is 11.6. The van der Waals surface area contributed by atoms with Crippen molar-refractivity contribution < 1.29 is 0 Å². The van der Waals surface area contributed by atoms with Gasteiger partial charge in [0.2, 0.25) is 0 Å². The third-order valence-electron chi connectivity index (χ3n) is 4.05. The molecule has 1 aliphatic rings. The first kappa shape index (κ1) is 13.2. The average Bonchev–Trinajstić information content (AvgIpc) is 2.95. The van der Waals surface area contributed by atoms with E-state index < -0.39 is 0 Å². The molecule has 1 fully saturated rings. The summed E-state index contributed by atoms with van der Waals surface area (Å²) in [6.45, 7) is 8.83. The highest BCUT2D eigenvalue weighted by atomic mass is 15.5. The second-order valence-electron chi connectivity index (χ2n) is 5.71. The van der Waals surface area contributed by atoms with Crippen LogP contribution < -0.4 is 10.6 Å². The van der Waals surface area contributed by atoms with Crippen molar-refractivity contribution in [2.75, 3.05) is 37.6 Å². The molecule has 0 bridgehead atoms. The van der Waals surface area contributed by atoms with Crippen LogP contribution >= 0.6 is 0 Å². The van der Waals surface area contributed by atoms with Crippen molar-refractivity contribution in [3.05, 3.63) is 12.4 Å². The fourth-order valence-electron chi connectivity index (χ4n) is 2.55. The number of aromatic nitrogens is 5. The van der Waals surface area contributed by atoms with Gasteiger partial charge in [-0.25, -0.2) is 0 Å². The maximum atomic E-state index is 5.85. The number of nitrogens with two attached hydrogens (primary N) is 1. The Morgan fingerprint density at radius 1 is 1.20 bits per heavy atom. The number of hydrogen-bond donors (Lipinski definition) is 1. The molecule has 0 unspecified atom stereocenters. The van der Waals surface area contributed by atoms with Crippen LogP contribution in [0.4, 0.5) is 5.82 Å². The molecule has 0 amide bonds. The molecule has 20 heavy (non-hydrogen) atoms. The largest absolute Gasteiger partial charge is 0.353 e. The fraction of sp³-hybridized carbons (Fsp3) is 0.667. The Hall–Kier alpha value is -1.80. The van der Waals surface area contributed by atoms with Gasteiger partial charge in [-0.3, -0.25) is 9.88 Å². The molecule has 8 nitrogen and oxygen atoms in total. The molecule has 0 radical (unpaired) electrons. The van der Waals surface area contributed by atoms with Gasteiger partial charge < -0.3 is 10.6 Å². The van der Waals surface area contributed by atoms with E-state index in [-0.39, 0.29) is 5.54 Å². The first-order valence-corrected chi connectivity index (χ1v) is 6.84. The van der Waals surface area contributed by atoms with E-state index in [1.165, 1.54) is 0 Å². The number of fused-ring (bicyclic) bond motifs is 1. The zero-order valence-corrected chi connectivity index (χ0v) is 11.9. The van der Waals surface area contributed by atoms with E-state index >= 15 is 0 Å². The minimum atomic E-state index is 0.0468. The highest BCUT2D eigenvalue weighted by Gasteiger charge is 2.29. The third-order valence-corrected chi connectivity index (χ3v) is 4.05. The van der Waals surface area contributed by atoms with Gasteiger partial charge in [-0.1, -0.05) is 0 Å². The monoisotopic (exact) mass is 276 g/mol. The molecule has 2 aromatic heterocycles. The number of hydrogen-bond acceptors (Lipinski definition) is 7. The Morgan fingerprint density at radius 2 is 1.95 bits per heavy atom. The fourth-order valence-corrected chi connectivity index (χ4v) is 2.55. The van der Waals surface area contributed by atoms with Gasteiger partial charge in [0, 0.05) is 38.3 Å². The van der Waals surface area contributed by atoms with Gasteiger partial charge in [0.15, 0.2) is 11.5 Å². The summed E-state index contributed by atoms with van der Waals surface area (Å²) in [6, 6.07) is 0. The van der Waals surface area contributed by atoms with E-state index in [0.29, 0.717) is 12.2 Å². The van der Waals surface area contributed by atoms with Crippen molar-refractivity contribution >= 4 is 11.5 Å². The zero-order valence-electron chi connectivity index (χ0n) is 11.9. The summed E-state index contributed by atoms with van der Waals surface area (Å²) < 4.78 is 1.73. The number of nitrogens with zero attached hydrogens (tertiary/aromatic N) is 7. The Labute approximate surface area is 117 Å². The third kappa shape index (κ3) is 2.20. The Balaban J connectivity index is 1.77. The van der Waals surface area contributed by atoms with Crippen LogP contribution in [-0.2, 0) is 0 Å².